The Morgan fingerprint density at radius 1 is 1.52 bits per heavy atom. The molecule has 1 N–H and O–H groups in total. The molecule has 7 heteroatoms. The first-order valence-corrected chi connectivity index (χ1v) is 8.24. The van der Waals surface area contributed by atoms with Gasteiger partial charge in [-0.05, 0) is 25.1 Å². The quantitative estimate of drug-likeness (QED) is 0.780. The summed E-state index contributed by atoms with van der Waals surface area (Å²) in [4.78, 5) is 16.5. The van der Waals surface area contributed by atoms with E-state index < -0.39 is 12.1 Å². The van der Waals surface area contributed by atoms with Gasteiger partial charge in [-0.1, -0.05) is 34.9 Å². The van der Waals surface area contributed by atoms with Crippen LogP contribution in [0.5, 0.6) is 5.75 Å². The molecule has 2 rings (SSSR count). The zero-order valence-corrected chi connectivity index (χ0v) is 14.9. The molecule has 0 amide bonds. The van der Waals surface area contributed by atoms with Crippen LogP contribution in [0.15, 0.2) is 27.8 Å². The van der Waals surface area contributed by atoms with Crippen LogP contribution in [0.2, 0.25) is 0 Å². The first kappa shape index (κ1) is 17.7. The van der Waals surface area contributed by atoms with Gasteiger partial charge in [-0.2, -0.15) is 0 Å². The summed E-state index contributed by atoms with van der Waals surface area (Å²) in [7, 11) is 0. The van der Waals surface area contributed by atoms with Gasteiger partial charge in [0.05, 0.1) is 0 Å². The van der Waals surface area contributed by atoms with Gasteiger partial charge in [0, 0.05) is 22.6 Å². The molecule has 0 fully saturated rings. The molecule has 1 aliphatic heterocycles. The van der Waals surface area contributed by atoms with Gasteiger partial charge < -0.3 is 19.4 Å². The standard InChI is InChI=1S/C16H20BrNO5/c1-4-21-13-8-22-18-14(13)11-7-10(17)5-6-12(11)23-15(9(2)3)16(19)20/h5-7,9,13,15H,4,8H2,1-3H3,(H,19,20). The number of oxime groups is 1. The van der Waals surface area contributed by atoms with E-state index in [1.54, 1.807) is 26.0 Å². The van der Waals surface area contributed by atoms with Crippen molar-refractivity contribution in [1.82, 2.24) is 0 Å². The zero-order chi connectivity index (χ0) is 17.0. The van der Waals surface area contributed by atoms with Crippen molar-refractivity contribution in [2.45, 2.75) is 33.0 Å². The molecule has 0 bridgehead atoms. The van der Waals surface area contributed by atoms with Crippen LogP contribution < -0.4 is 4.74 Å². The third kappa shape index (κ3) is 4.23. The minimum Gasteiger partial charge on any atom is -0.478 e. The van der Waals surface area contributed by atoms with Gasteiger partial charge in [0.2, 0.25) is 0 Å². The Labute approximate surface area is 143 Å². The third-order valence-electron chi connectivity index (χ3n) is 3.38. The summed E-state index contributed by atoms with van der Waals surface area (Å²) in [6.07, 6.45) is -1.23. The van der Waals surface area contributed by atoms with E-state index in [2.05, 4.69) is 21.1 Å². The van der Waals surface area contributed by atoms with Crippen molar-refractivity contribution >= 4 is 27.6 Å². The van der Waals surface area contributed by atoms with E-state index in [4.69, 9.17) is 14.3 Å². The summed E-state index contributed by atoms with van der Waals surface area (Å²) in [5.74, 6) is -0.725. The Bertz CT molecular complexity index is 602. The van der Waals surface area contributed by atoms with Crippen molar-refractivity contribution < 1.29 is 24.2 Å². The second kappa shape index (κ2) is 7.79. The van der Waals surface area contributed by atoms with Crippen molar-refractivity contribution in [1.29, 1.82) is 0 Å². The van der Waals surface area contributed by atoms with Crippen LogP contribution in [0.25, 0.3) is 0 Å². The molecular formula is C16H20BrNO5. The van der Waals surface area contributed by atoms with Gasteiger partial charge in [0.15, 0.2) is 6.10 Å². The number of ether oxygens (including phenoxy) is 2. The fourth-order valence-corrected chi connectivity index (χ4v) is 2.64. The summed E-state index contributed by atoms with van der Waals surface area (Å²) in [5, 5.41) is 13.4. The van der Waals surface area contributed by atoms with Crippen molar-refractivity contribution in [2.24, 2.45) is 11.1 Å². The van der Waals surface area contributed by atoms with E-state index >= 15 is 0 Å². The van der Waals surface area contributed by atoms with Crippen LogP contribution in [0, 0.1) is 5.92 Å². The van der Waals surface area contributed by atoms with E-state index in [9.17, 15) is 9.90 Å². The maximum Gasteiger partial charge on any atom is 0.345 e. The van der Waals surface area contributed by atoms with Crippen LogP contribution in [0.1, 0.15) is 26.3 Å². The predicted octanol–water partition coefficient (Wildman–Crippen LogP) is 3.08. The molecule has 1 aromatic rings. The van der Waals surface area contributed by atoms with E-state index in [-0.39, 0.29) is 12.0 Å². The maximum atomic E-state index is 11.4. The van der Waals surface area contributed by atoms with Gasteiger partial charge in [-0.15, -0.1) is 0 Å². The molecule has 0 spiro atoms. The van der Waals surface area contributed by atoms with Crippen LogP contribution >= 0.6 is 15.9 Å². The van der Waals surface area contributed by atoms with Gasteiger partial charge in [0.1, 0.15) is 24.2 Å². The van der Waals surface area contributed by atoms with Crippen molar-refractivity contribution in [2.75, 3.05) is 13.2 Å². The number of benzene rings is 1. The molecular weight excluding hydrogens is 366 g/mol. The Morgan fingerprint density at radius 3 is 2.87 bits per heavy atom. The lowest BCUT2D eigenvalue weighted by molar-refractivity contribution is -0.147. The van der Waals surface area contributed by atoms with E-state index in [1.807, 2.05) is 13.0 Å². The second-order valence-electron chi connectivity index (χ2n) is 5.48. The third-order valence-corrected chi connectivity index (χ3v) is 3.88. The highest BCUT2D eigenvalue weighted by atomic mass is 79.9. The smallest absolute Gasteiger partial charge is 0.345 e. The summed E-state index contributed by atoms with van der Waals surface area (Å²) < 4.78 is 12.2. The van der Waals surface area contributed by atoms with Crippen molar-refractivity contribution in [3.8, 4) is 5.75 Å². The minimum atomic E-state index is -1.00. The van der Waals surface area contributed by atoms with Gasteiger partial charge in [0.25, 0.3) is 0 Å². The molecule has 1 aromatic carbocycles. The summed E-state index contributed by atoms with van der Waals surface area (Å²) in [6, 6.07) is 5.35. The first-order chi connectivity index (χ1) is 10.9. The molecule has 0 saturated heterocycles. The molecule has 2 atom stereocenters. The van der Waals surface area contributed by atoms with Crippen LogP contribution in [0.4, 0.5) is 0 Å². The number of hydrogen-bond donors (Lipinski definition) is 1. The number of carbonyl (C=O) groups is 1. The molecule has 1 heterocycles. The molecule has 1 aliphatic rings. The average molecular weight is 386 g/mol. The predicted molar refractivity (Wildman–Crippen MR) is 88.9 cm³/mol. The Morgan fingerprint density at radius 2 is 2.26 bits per heavy atom. The molecule has 6 nitrogen and oxygen atoms in total. The van der Waals surface area contributed by atoms with Crippen molar-refractivity contribution in [3.05, 3.63) is 28.2 Å². The lowest BCUT2D eigenvalue weighted by atomic mass is 10.0. The highest BCUT2D eigenvalue weighted by molar-refractivity contribution is 9.10. The highest BCUT2D eigenvalue weighted by Crippen LogP contribution is 2.29. The SMILES string of the molecule is CCOC1CON=C1c1cc(Br)ccc1OC(C(=O)O)C(C)C. The van der Waals surface area contributed by atoms with E-state index in [1.165, 1.54) is 0 Å². The topological polar surface area (TPSA) is 77.3 Å². The fraction of sp³-hybridized carbons (Fsp3) is 0.500. The fourth-order valence-electron chi connectivity index (χ4n) is 2.28. The van der Waals surface area contributed by atoms with E-state index in [0.717, 1.165) is 4.47 Å². The molecule has 0 saturated carbocycles. The zero-order valence-electron chi connectivity index (χ0n) is 13.3. The lowest BCUT2D eigenvalue weighted by Gasteiger charge is -2.21. The second-order valence-corrected chi connectivity index (χ2v) is 6.39. The molecule has 0 aliphatic carbocycles. The Balaban J connectivity index is 2.36. The number of hydrogen-bond acceptors (Lipinski definition) is 5. The molecule has 0 radical (unpaired) electrons. The lowest BCUT2D eigenvalue weighted by Crippen LogP contribution is -2.33. The van der Waals surface area contributed by atoms with Gasteiger partial charge >= 0.3 is 5.97 Å². The Kier molecular flexibility index (Phi) is 6.01. The highest BCUT2D eigenvalue weighted by Gasteiger charge is 2.30. The Hall–Kier alpha value is -1.60. The summed E-state index contributed by atoms with van der Waals surface area (Å²) in [5.41, 5.74) is 1.28. The minimum absolute atomic E-state index is 0.173. The molecule has 2 unspecified atom stereocenters. The number of nitrogens with zero attached hydrogens (tertiary/aromatic N) is 1. The number of rotatable bonds is 7. The largest absolute Gasteiger partial charge is 0.478 e. The maximum absolute atomic E-state index is 11.4. The number of aliphatic carboxylic acids is 1. The van der Waals surface area contributed by atoms with Gasteiger partial charge in [-0.3, -0.25) is 0 Å². The monoisotopic (exact) mass is 385 g/mol. The summed E-state index contributed by atoms with van der Waals surface area (Å²) >= 11 is 3.42. The van der Waals surface area contributed by atoms with Crippen molar-refractivity contribution in [3.63, 3.8) is 0 Å². The molecule has 0 aromatic heterocycles. The van der Waals surface area contributed by atoms with Crippen LogP contribution in [0.3, 0.4) is 0 Å². The average Bonchev–Trinajstić information content (AvgIpc) is 2.93. The van der Waals surface area contributed by atoms with Gasteiger partial charge in [-0.25, -0.2) is 4.79 Å². The normalized spacial score (nSPS) is 18.5. The van der Waals surface area contributed by atoms with Crippen LogP contribution in [-0.4, -0.2) is 42.2 Å². The number of carboxylic acids is 1. The number of halogens is 1. The van der Waals surface area contributed by atoms with E-state index in [0.29, 0.717) is 30.2 Å². The number of carboxylic acid groups (broad SMARTS) is 1. The molecule has 126 valence electrons. The van der Waals surface area contributed by atoms with Crippen LogP contribution in [-0.2, 0) is 14.4 Å². The first-order valence-electron chi connectivity index (χ1n) is 7.44. The summed E-state index contributed by atoms with van der Waals surface area (Å²) in [6.45, 7) is 6.36. The molecule has 23 heavy (non-hydrogen) atoms.